The van der Waals surface area contributed by atoms with Crippen molar-refractivity contribution in [2.75, 3.05) is 28.4 Å². The van der Waals surface area contributed by atoms with Gasteiger partial charge in [0.15, 0.2) is 23.0 Å². The first-order valence-electron chi connectivity index (χ1n) is 7.97. The van der Waals surface area contributed by atoms with Gasteiger partial charge in [0, 0.05) is 5.56 Å². The summed E-state index contributed by atoms with van der Waals surface area (Å²) in [5.74, 6) is 1.96. The molecule has 1 aliphatic rings. The Hall–Kier alpha value is -3.15. The monoisotopic (exact) mass is 356 g/mol. The first-order chi connectivity index (χ1) is 12.6. The Bertz CT molecular complexity index is 869. The van der Waals surface area contributed by atoms with Crippen molar-refractivity contribution in [2.24, 2.45) is 0 Å². The SMILES string of the molecule is COc1ccc(C=C2C(=O)OCc3cc(OC)c(OC)cc32)cc1OC. The summed E-state index contributed by atoms with van der Waals surface area (Å²) in [6.07, 6.45) is 1.76. The molecule has 0 aromatic heterocycles. The van der Waals surface area contributed by atoms with Crippen molar-refractivity contribution >= 4 is 17.6 Å². The molecule has 0 atom stereocenters. The average molecular weight is 356 g/mol. The number of hydrogen-bond acceptors (Lipinski definition) is 6. The van der Waals surface area contributed by atoms with Crippen molar-refractivity contribution in [2.45, 2.75) is 6.61 Å². The number of methoxy groups -OCH3 is 4. The average Bonchev–Trinajstić information content (AvgIpc) is 2.68. The molecule has 6 heteroatoms. The second kappa shape index (κ2) is 7.39. The fourth-order valence-electron chi connectivity index (χ4n) is 2.87. The van der Waals surface area contributed by atoms with Crippen molar-refractivity contribution in [3.8, 4) is 23.0 Å². The summed E-state index contributed by atoms with van der Waals surface area (Å²) in [6, 6.07) is 9.05. The first-order valence-corrected chi connectivity index (χ1v) is 7.97. The van der Waals surface area contributed by atoms with Gasteiger partial charge in [0.1, 0.15) is 6.61 Å². The predicted octanol–water partition coefficient (Wildman–Crippen LogP) is 3.32. The van der Waals surface area contributed by atoms with Crippen LogP contribution in [-0.4, -0.2) is 34.4 Å². The molecule has 0 amide bonds. The lowest BCUT2D eigenvalue weighted by Crippen LogP contribution is -2.15. The standard InChI is InChI=1S/C20H20O6/c1-22-16-6-5-12(8-17(16)23-2)7-15-14-10-19(25-4)18(24-3)9-13(14)11-26-20(15)21/h5-10H,11H2,1-4H3. The van der Waals surface area contributed by atoms with Gasteiger partial charge in [0.2, 0.25) is 0 Å². The van der Waals surface area contributed by atoms with Gasteiger partial charge in [-0.1, -0.05) is 6.07 Å². The van der Waals surface area contributed by atoms with E-state index in [-0.39, 0.29) is 12.6 Å². The maximum Gasteiger partial charge on any atom is 0.339 e. The molecule has 1 aliphatic heterocycles. The molecule has 0 spiro atoms. The highest BCUT2D eigenvalue weighted by atomic mass is 16.5. The van der Waals surface area contributed by atoms with E-state index in [0.717, 1.165) is 16.7 Å². The third kappa shape index (κ3) is 3.18. The van der Waals surface area contributed by atoms with Crippen LogP contribution in [0.25, 0.3) is 11.6 Å². The lowest BCUT2D eigenvalue weighted by Gasteiger charge is -2.21. The van der Waals surface area contributed by atoms with Gasteiger partial charge < -0.3 is 23.7 Å². The fourth-order valence-corrected chi connectivity index (χ4v) is 2.87. The quantitative estimate of drug-likeness (QED) is 0.605. The van der Waals surface area contributed by atoms with Gasteiger partial charge >= 0.3 is 5.97 Å². The molecular weight excluding hydrogens is 336 g/mol. The van der Waals surface area contributed by atoms with Crippen LogP contribution in [0.5, 0.6) is 23.0 Å². The molecule has 0 saturated heterocycles. The van der Waals surface area contributed by atoms with Crippen LogP contribution in [0, 0.1) is 0 Å². The topological polar surface area (TPSA) is 63.2 Å². The van der Waals surface area contributed by atoms with Crippen molar-refractivity contribution in [1.29, 1.82) is 0 Å². The van der Waals surface area contributed by atoms with E-state index in [0.29, 0.717) is 28.6 Å². The number of cyclic esters (lactones) is 1. The Morgan fingerprint density at radius 1 is 0.846 bits per heavy atom. The van der Waals surface area contributed by atoms with Crippen LogP contribution in [0.2, 0.25) is 0 Å². The molecule has 0 unspecified atom stereocenters. The van der Waals surface area contributed by atoms with Crippen LogP contribution in [0.1, 0.15) is 16.7 Å². The van der Waals surface area contributed by atoms with E-state index in [1.165, 1.54) is 0 Å². The van der Waals surface area contributed by atoms with E-state index in [9.17, 15) is 4.79 Å². The Kier molecular flexibility index (Phi) is 5.02. The van der Waals surface area contributed by atoms with Gasteiger partial charge in [-0.25, -0.2) is 4.79 Å². The van der Waals surface area contributed by atoms with Crippen molar-refractivity contribution in [3.05, 3.63) is 47.0 Å². The molecule has 2 aromatic carbocycles. The first kappa shape index (κ1) is 17.7. The number of benzene rings is 2. The Morgan fingerprint density at radius 2 is 1.46 bits per heavy atom. The largest absolute Gasteiger partial charge is 0.493 e. The summed E-state index contributed by atoms with van der Waals surface area (Å²) in [5.41, 5.74) is 2.85. The number of hydrogen-bond donors (Lipinski definition) is 0. The molecule has 136 valence electrons. The number of ether oxygens (including phenoxy) is 5. The molecule has 1 heterocycles. The van der Waals surface area contributed by atoms with Crippen molar-refractivity contribution < 1.29 is 28.5 Å². The summed E-state index contributed by atoms with van der Waals surface area (Å²) >= 11 is 0. The van der Waals surface area contributed by atoms with Crippen LogP contribution in [0.15, 0.2) is 30.3 Å². The van der Waals surface area contributed by atoms with E-state index in [2.05, 4.69) is 0 Å². The molecule has 2 aromatic rings. The van der Waals surface area contributed by atoms with Crippen LogP contribution < -0.4 is 18.9 Å². The highest BCUT2D eigenvalue weighted by Crippen LogP contribution is 2.38. The van der Waals surface area contributed by atoms with Gasteiger partial charge in [-0.15, -0.1) is 0 Å². The predicted molar refractivity (Wildman–Crippen MR) is 96.8 cm³/mol. The second-order valence-electron chi connectivity index (χ2n) is 5.61. The van der Waals surface area contributed by atoms with Gasteiger partial charge in [0.25, 0.3) is 0 Å². The lowest BCUT2D eigenvalue weighted by atomic mass is 9.95. The van der Waals surface area contributed by atoms with Crippen LogP contribution in [-0.2, 0) is 16.1 Å². The minimum absolute atomic E-state index is 0.192. The van der Waals surface area contributed by atoms with E-state index in [1.807, 2.05) is 12.1 Å². The van der Waals surface area contributed by atoms with Gasteiger partial charge in [-0.3, -0.25) is 0 Å². The van der Waals surface area contributed by atoms with Crippen molar-refractivity contribution in [3.63, 3.8) is 0 Å². The smallest absolute Gasteiger partial charge is 0.339 e. The summed E-state index contributed by atoms with van der Waals surface area (Å²) in [6.45, 7) is 0.192. The number of carbonyl (C=O) groups excluding carboxylic acids is 1. The van der Waals surface area contributed by atoms with Crippen molar-refractivity contribution in [1.82, 2.24) is 0 Å². The molecule has 6 nitrogen and oxygen atoms in total. The third-order valence-corrected chi connectivity index (χ3v) is 4.20. The molecule has 0 bridgehead atoms. The van der Waals surface area contributed by atoms with Gasteiger partial charge in [0.05, 0.1) is 34.0 Å². The zero-order valence-electron chi connectivity index (χ0n) is 15.1. The second-order valence-corrected chi connectivity index (χ2v) is 5.61. The zero-order valence-corrected chi connectivity index (χ0v) is 15.1. The van der Waals surface area contributed by atoms with Crippen LogP contribution in [0.3, 0.4) is 0 Å². The summed E-state index contributed by atoms with van der Waals surface area (Å²) < 4.78 is 26.6. The van der Waals surface area contributed by atoms with E-state index >= 15 is 0 Å². The van der Waals surface area contributed by atoms with Gasteiger partial charge in [-0.05, 0) is 41.5 Å². The summed E-state index contributed by atoms with van der Waals surface area (Å²) in [7, 11) is 6.27. The Balaban J connectivity index is 2.11. The van der Waals surface area contributed by atoms with E-state index < -0.39 is 0 Å². The Morgan fingerprint density at radius 3 is 2.12 bits per heavy atom. The van der Waals surface area contributed by atoms with E-state index in [4.69, 9.17) is 23.7 Å². The fraction of sp³-hybridized carbons (Fsp3) is 0.250. The molecule has 0 aliphatic carbocycles. The molecule has 3 rings (SSSR count). The highest BCUT2D eigenvalue weighted by Gasteiger charge is 2.25. The number of rotatable bonds is 5. The molecule has 0 fully saturated rings. The number of esters is 1. The van der Waals surface area contributed by atoms with Crippen LogP contribution >= 0.6 is 0 Å². The molecule has 26 heavy (non-hydrogen) atoms. The summed E-state index contributed by atoms with van der Waals surface area (Å²) in [5, 5.41) is 0. The lowest BCUT2D eigenvalue weighted by molar-refractivity contribution is -0.138. The molecule has 0 saturated carbocycles. The molecule has 0 radical (unpaired) electrons. The minimum atomic E-state index is -0.389. The third-order valence-electron chi connectivity index (χ3n) is 4.20. The normalized spacial score (nSPS) is 14.5. The highest BCUT2D eigenvalue weighted by molar-refractivity contribution is 6.22. The molecular formula is C20H20O6. The maximum atomic E-state index is 12.4. The van der Waals surface area contributed by atoms with Gasteiger partial charge in [-0.2, -0.15) is 0 Å². The Labute approximate surface area is 151 Å². The molecule has 0 N–H and O–H groups in total. The summed E-state index contributed by atoms with van der Waals surface area (Å²) in [4.78, 5) is 12.4. The maximum absolute atomic E-state index is 12.4. The minimum Gasteiger partial charge on any atom is -0.493 e. The van der Waals surface area contributed by atoms with Crippen LogP contribution in [0.4, 0.5) is 0 Å². The zero-order chi connectivity index (χ0) is 18.7. The number of carbonyl (C=O) groups is 1. The number of fused-ring (bicyclic) bond motifs is 1. The van der Waals surface area contributed by atoms with E-state index in [1.54, 1.807) is 52.7 Å².